The van der Waals surface area contributed by atoms with Gasteiger partial charge in [-0.05, 0) is 26.7 Å². The van der Waals surface area contributed by atoms with Gasteiger partial charge in [0, 0.05) is 25.0 Å². The highest BCUT2D eigenvalue weighted by molar-refractivity contribution is 5.06. The van der Waals surface area contributed by atoms with Crippen LogP contribution in [0.2, 0.25) is 0 Å². The molecule has 2 saturated heterocycles. The third-order valence-corrected chi connectivity index (χ3v) is 4.16. The highest BCUT2D eigenvalue weighted by atomic mass is 16.5. The van der Waals surface area contributed by atoms with Gasteiger partial charge in [-0.15, -0.1) is 0 Å². The summed E-state index contributed by atoms with van der Waals surface area (Å²) in [5.74, 6) is 0. The first-order chi connectivity index (χ1) is 7.43. The van der Waals surface area contributed by atoms with Gasteiger partial charge < -0.3 is 19.7 Å². The summed E-state index contributed by atoms with van der Waals surface area (Å²) in [6, 6.07) is 0. The van der Waals surface area contributed by atoms with Crippen LogP contribution in [0, 0.1) is 5.41 Å². The fourth-order valence-corrected chi connectivity index (χ4v) is 2.99. The van der Waals surface area contributed by atoms with Crippen molar-refractivity contribution in [3.63, 3.8) is 0 Å². The molecule has 4 nitrogen and oxygen atoms in total. The van der Waals surface area contributed by atoms with Crippen LogP contribution < -0.4 is 0 Å². The highest BCUT2D eigenvalue weighted by Gasteiger charge is 2.56. The Morgan fingerprint density at radius 3 is 2.25 bits per heavy atom. The summed E-state index contributed by atoms with van der Waals surface area (Å²) in [5.41, 5.74) is -1.65. The molecule has 0 aliphatic carbocycles. The molecule has 2 aliphatic heterocycles. The van der Waals surface area contributed by atoms with Crippen LogP contribution in [0.4, 0.5) is 0 Å². The molecule has 2 aliphatic rings. The Balaban J connectivity index is 2.20. The van der Waals surface area contributed by atoms with E-state index in [1.54, 1.807) is 0 Å². The van der Waals surface area contributed by atoms with Crippen LogP contribution in [0.1, 0.15) is 33.1 Å². The summed E-state index contributed by atoms with van der Waals surface area (Å²) in [6.45, 7) is 5.52. The molecule has 1 unspecified atom stereocenters. The SMILES string of the molecule is CC1(C)CC(O)(C2(CO)CCOCC2)CO1. The molecule has 0 aromatic heterocycles. The summed E-state index contributed by atoms with van der Waals surface area (Å²) < 4.78 is 11.0. The molecule has 0 amide bonds. The second kappa shape index (κ2) is 3.95. The molecule has 2 fully saturated rings. The lowest BCUT2D eigenvalue weighted by atomic mass is 9.65. The molecule has 16 heavy (non-hydrogen) atoms. The maximum absolute atomic E-state index is 10.8. The van der Waals surface area contributed by atoms with E-state index in [9.17, 15) is 10.2 Å². The first-order valence-corrected chi connectivity index (χ1v) is 5.98. The summed E-state index contributed by atoms with van der Waals surface area (Å²) in [4.78, 5) is 0. The van der Waals surface area contributed by atoms with Crippen LogP contribution in [-0.2, 0) is 9.47 Å². The van der Waals surface area contributed by atoms with E-state index in [0.29, 0.717) is 39.1 Å². The summed E-state index contributed by atoms with van der Waals surface area (Å²) in [7, 11) is 0. The van der Waals surface area contributed by atoms with Crippen molar-refractivity contribution in [3.8, 4) is 0 Å². The zero-order valence-corrected chi connectivity index (χ0v) is 10.2. The average Bonchev–Trinajstić information content (AvgIpc) is 2.55. The number of aliphatic hydroxyl groups is 2. The number of hydrogen-bond acceptors (Lipinski definition) is 4. The van der Waals surface area contributed by atoms with Gasteiger partial charge in [-0.1, -0.05) is 0 Å². The van der Waals surface area contributed by atoms with Crippen LogP contribution in [0.15, 0.2) is 0 Å². The third kappa shape index (κ3) is 1.88. The molecule has 1 atom stereocenters. The lowest BCUT2D eigenvalue weighted by Crippen LogP contribution is -2.54. The molecule has 0 bridgehead atoms. The van der Waals surface area contributed by atoms with Crippen molar-refractivity contribution in [3.05, 3.63) is 0 Å². The van der Waals surface area contributed by atoms with Crippen molar-refractivity contribution in [1.82, 2.24) is 0 Å². The molecule has 2 N–H and O–H groups in total. The highest BCUT2D eigenvalue weighted by Crippen LogP contribution is 2.49. The van der Waals surface area contributed by atoms with E-state index in [4.69, 9.17) is 9.47 Å². The van der Waals surface area contributed by atoms with Gasteiger partial charge >= 0.3 is 0 Å². The van der Waals surface area contributed by atoms with Crippen molar-refractivity contribution < 1.29 is 19.7 Å². The lowest BCUT2D eigenvalue weighted by Gasteiger charge is -2.46. The third-order valence-electron chi connectivity index (χ3n) is 4.16. The number of hydrogen-bond donors (Lipinski definition) is 2. The van der Waals surface area contributed by atoms with Crippen LogP contribution in [0.5, 0.6) is 0 Å². The zero-order valence-electron chi connectivity index (χ0n) is 10.2. The van der Waals surface area contributed by atoms with Gasteiger partial charge in [0.1, 0.15) is 0 Å². The first-order valence-electron chi connectivity index (χ1n) is 5.98. The predicted molar refractivity (Wildman–Crippen MR) is 59.2 cm³/mol. The smallest absolute Gasteiger partial charge is 0.0986 e. The minimum absolute atomic E-state index is 0.00625. The van der Waals surface area contributed by atoms with Gasteiger partial charge in [-0.25, -0.2) is 0 Å². The Kier molecular flexibility index (Phi) is 3.03. The Morgan fingerprint density at radius 1 is 1.19 bits per heavy atom. The summed E-state index contributed by atoms with van der Waals surface area (Å²) in [5, 5.41) is 20.4. The van der Waals surface area contributed by atoms with Crippen molar-refractivity contribution in [2.24, 2.45) is 5.41 Å². The van der Waals surface area contributed by atoms with Crippen LogP contribution in [-0.4, -0.2) is 47.8 Å². The van der Waals surface area contributed by atoms with Crippen LogP contribution >= 0.6 is 0 Å². The van der Waals surface area contributed by atoms with E-state index >= 15 is 0 Å². The molecule has 2 heterocycles. The zero-order chi connectivity index (χ0) is 11.9. The monoisotopic (exact) mass is 230 g/mol. The minimum Gasteiger partial charge on any atom is -0.396 e. The number of rotatable bonds is 2. The Hall–Kier alpha value is -0.160. The summed E-state index contributed by atoms with van der Waals surface area (Å²) in [6.07, 6.45) is 2.00. The molecule has 4 heteroatoms. The number of aliphatic hydroxyl groups excluding tert-OH is 1. The normalized spacial score (nSPS) is 37.5. The maximum Gasteiger partial charge on any atom is 0.0986 e. The van der Waals surface area contributed by atoms with E-state index in [2.05, 4.69) is 0 Å². The van der Waals surface area contributed by atoms with Crippen molar-refractivity contribution in [2.45, 2.75) is 44.3 Å². The topological polar surface area (TPSA) is 58.9 Å². The Labute approximate surface area is 96.6 Å². The quantitative estimate of drug-likeness (QED) is 0.733. The predicted octanol–water partition coefficient (Wildman–Crippen LogP) is 0.706. The molecular weight excluding hydrogens is 208 g/mol. The first kappa shape index (κ1) is 12.3. The maximum atomic E-state index is 10.8. The standard InChI is InChI=1S/C12H22O4/c1-10(2)7-12(14,9-16-10)11(8-13)3-5-15-6-4-11/h13-14H,3-9H2,1-2H3. The molecule has 0 aromatic carbocycles. The molecular formula is C12H22O4. The number of ether oxygens (including phenoxy) is 2. The van der Waals surface area contributed by atoms with Crippen molar-refractivity contribution >= 4 is 0 Å². The minimum atomic E-state index is -0.908. The van der Waals surface area contributed by atoms with Gasteiger partial charge in [0.05, 0.1) is 24.4 Å². The van der Waals surface area contributed by atoms with Gasteiger partial charge in [0.15, 0.2) is 0 Å². The van der Waals surface area contributed by atoms with Crippen molar-refractivity contribution in [1.29, 1.82) is 0 Å². The Morgan fingerprint density at radius 2 is 1.81 bits per heavy atom. The van der Waals surface area contributed by atoms with E-state index in [1.807, 2.05) is 13.8 Å². The van der Waals surface area contributed by atoms with E-state index in [-0.39, 0.29) is 12.2 Å². The van der Waals surface area contributed by atoms with Crippen molar-refractivity contribution in [2.75, 3.05) is 26.4 Å². The second-order valence-corrected chi connectivity index (χ2v) is 5.81. The fraction of sp³-hybridized carbons (Fsp3) is 1.00. The van der Waals surface area contributed by atoms with Gasteiger partial charge in [0.2, 0.25) is 0 Å². The van der Waals surface area contributed by atoms with E-state index in [0.717, 1.165) is 0 Å². The molecule has 0 aromatic rings. The van der Waals surface area contributed by atoms with Crippen LogP contribution in [0.25, 0.3) is 0 Å². The van der Waals surface area contributed by atoms with E-state index < -0.39 is 11.0 Å². The molecule has 94 valence electrons. The van der Waals surface area contributed by atoms with Gasteiger partial charge in [-0.3, -0.25) is 0 Å². The fourth-order valence-electron chi connectivity index (χ4n) is 2.99. The Bertz CT molecular complexity index is 258. The van der Waals surface area contributed by atoms with Crippen LogP contribution in [0.3, 0.4) is 0 Å². The van der Waals surface area contributed by atoms with Gasteiger partial charge in [-0.2, -0.15) is 0 Å². The van der Waals surface area contributed by atoms with E-state index in [1.165, 1.54) is 0 Å². The second-order valence-electron chi connectivity index (χ2n) is 5.81. The molecule has 0 radical (unpaired) electrons. The average molecular weight is 230 g/mol. The molecule has 0 spiro atoms. The largest absolute Gasteiger partial charge is 0.396 e. The summed E-state index contributed by atoms with van der Waals surface area (Å²) >= 11 is 0. The lowest BCUT2D eigenvalue weighted by molar-refractivity contribution is -0.152. The molecule has 0 saturated carbocycles. The molecule has 2 rings (SSSR count). The van der Waals surface area contributed by atoms with Gasteiger partial charge in [0.25, 0.3) is 0 Å².